The molecule has 138 valence electrons. The number of carbonyl (C=O) groups is 1. The van der Waals surface area contributed by atoms with Crippen LogP contribution in [-0.4, -0.2) is 63.7 Å². The molecule has 0 unspecified atom stereocenters. The summed E-state index contributed by atoms with van der Waals surface area (Å²) in [6.45, 7) is 4.91. The molecule has 0 N–H and O–H groups in total. The zero-order valence-corrected chi connectivity index (χ0v) is 15.5. The predicted octanol–water partition coefficient (Wildman–Crippen LogP) is 2.05. The first-order chi connectivity index (χ1) is 12.2. The Bertz CT molecular complexity index is 599. The van der Waals surface area contributed by atoms with Gasteiger partial charge in [-0.15, -0.1) is 10.2 Å². The number of hydrogen-bond acceptors (Lipinski definition) is 4. The quantitative estimate of drug-likeness (QED) is 0.823. The van der Waals surface area contributed by atoms with E-state index in [1.54, 1.807) is 0 Å². The summed E-state index contributed by atoms with van der Waals surface area (Å²) in [6.07, 6.45) is 9.02. The van der Waals surface area contributed by atoms with E-state index >= 15 is 0 Å². The topological polar surface area (TPSA) is 54.3 Å². The van der Waals surface area contributed by atoms with E-state index in [0.717, 1.165) is 76.5 Å². The van der Waals surface area contributed by atoms with Gasteiger partial charge in [0.2, 0.25) is 5.91 Å². The zero-order chi connectivity index (χ0) is 17.2. The molecule has 0 radical (unpaired) electrons. The normalized spacial score (nSPS) is 24.1. The smallest absolute Gasteiger partial charge is 0.225 e. The van der Waals surface area contributed by atoms with Crippen LogP contribution in [0.25, 0.3) is 0 Å². The number of likely N-dealkylation sites (tertiary alicyclic amines) is 1. The summed E-state index contributed by atoms with van der Waals surface area (Å²) < 4.78 is 2.35. The molecular formula is C19H31N5O. The second-order valence-corrected chi connectivity index (χ2v) is 8.11. The molecular weight excluding hydrogens is 314 g/mol. The second kappa shape index (κ2) is 7.44. The highest BCUT2D eigenvalue weighted by Gasteiger charge is 2.31. The van der Waals surface area contributed by atoms with E-state index < -0.39 is 0 Å². The molecule has 3 aliphatic rings. The van der Waals surface area contributed by atoms with Crippen LogP contribution in [0.15, 0.2) is 0 Å². The monoisotopic (exact) mass is 345 g/mol. The predicted molar refractivity (Wildman–Crippen MR) is 96.4 cm³/mol. The number of fused-ring (bicyclic) bond motifs is 1. The molecule has 25 heavy (non-hydrogen) atoms. The lowest BCUT2D eigenvalue weighted by Gasteiger charge is -2.35. The fourth-order valence-electron chi connectivity index (χ4n) is 4.72. The number of nitrogens with zero attached hydrogens (tertiary/aromatic N) is 5. The number of amides is 1. The summed E-state index contributed by atoms with van der Waals surface area (Å²) in [7, 11) is 2.18. The molecule has 2 aliphatic heterocycles. The number of rotatable bonds is 2. The SMILES string of the molecule is CN1CCc2nnc(C3CCN(C(=O)C4CCCCC4)CC3)n2CC1. The first-order valence-corrected chi connectivity index (χ1v) is 10.1. The lowest BCUT2D eigenvalue weighted by Crippen LogP contribution is -2.42. The Morgan fingerprint density at radius 3 is 2.44 bits per heavy atom. The molecule has 0 atom stereocenters. The van der Waals surface area contributed by atoms with Gasteiger partial charge in [-0.25, -0.2) is 0 Å². The number of likely N-dealkylation sites (N-methyl/N-ethyl adjacent to an activating group) is 1. The number of piperidine rings is 1. The van der Waals surface area contributed by atoms with E-state index in [0.29, 0.717) is 17.7 Å². The van der Waals surface area contributed by atoms with Crippen LogP contribution in [0.4, 0.5) is 0 Å². The highest BCUT2D eigenvalue weighted by atomic mass is 16.2. The standard InChI is InChI=1S/C19H31N5O/c1-22-10-9-17-20-21-18(24(17)14-13-22)15-7-11-23(12-8-15)19(25)16-5-3-2-4-6-16/h15-16H,2-14H2,1H3. The summed E-state index contributed by atoms with van der Waals surface area (Å²) in [5.74, 6) is 3.47. The lowest BCUT2D eigenvalue weighted by atomic mass is 9.87. The average molecular weight is 345 g/mol. The molecule has 3 heterocycles. The molecule has 0 spiro atoms. The molecule has 6 nitrogen and oxygen atoms in total. The molecule has 1 aromatic heterocycles. The van der Waals surface area contributed by atoms with E-state index in [9.17, 15) is 4.79 Å². The fourth-order valence-corrected chi connectivity index (χ4v) is 4.72. The first kappa shape index (κ1) is 17.0. The third kappa shape index (κ3) is 3.59. The van der Waals surface area contributed by atoms with E-state index in [1.807, 2.05) is 0 Å². The van der Waals surface area contributed by atoms with Gasteiger partial charge < -0.3 is 14.4 Å². The van der Waals surface area contributed by atoms with Crippen molar-refractivity contribution in [2.45, 2.75) is 63.8 Å². The lowest BCUT2D eigenvalue weighted by molar-refractivity contribution is -0.137. The van der Waals surface area contributed by atoms with Gasteiger partial charge in [0.1, 0.15) is 11.6 Å². The van der Waals surface area contributed by atoms with Crippen LogP contribution in [-0.2, 0) is 17.8 Å². The van der Waals surface area contributed by atoms with Crippen LogP contribution >= 0.6 is 0 Å². The molecule has 0 aromatic carbocycles. The Morgan fingerprint density at radius 2 is 1.68 bits per heavy atom. The average Bonchev–Trinajstić information content (AvgIpc) is 2.98. The van der Waals surface area contributed by atoms with Crippen molar-refractivity contribution in [3.8, 4) is 0 Å². The van der Waals surface area contributed by atoms with Crippen molar-refractivity contribution in [3.05, 3.63) is 11.6 Å². The van der Waals surface area contributed by atoms with Crippen LogP contribution in [0.5, 0.6) is 0 Å². The minimum Gasteiger partial charge on any atom is -0.342 e. The van der Waals surface area contributed by atoms with Crippen LogP contribution in [0.3, 0.4) is 0 Å². The number of carbonyl (C=O) groups excluding carboxylic acids is 1. The minimum atomic E-state index is 0.296. The summed E-state index contributed by atoms with van der Waals surface area (Å²) in [4.78, 5) is 17.2. The second-order valence-electron chi connectivity index (χ2n) is 8.11. The van der Waals surface area contributed by atoms with E-state index in [-0.39, 0.29) is 0 Å². The maximum absolute atomic E-state index is 12.7. The van der Waals surface area contributed by atoms with E-state index in [2.05, 4.69) is 31.6 Å². The van der Waals surface area contributed by atoms with Crippen molar-refractivity contribution >= 4 is 5.91 Å². The Labute approximate surface area is 150 Å². The first-order valence-electron chi connectivity index (χ1n) is 10.1. The van der Waals surface area contributed by atoms with Gasteiger partial charge in [0.25, 0.3) is 0 Å². The largest absolute Gasteiger partial charge is 0.342 e. The van der Waals surface area contributed by atoms with Crippen molar-refractivity contribution in [1.82, 2.24) is 24.6 Å². The Kier molecular flexibility index (Phi) is 5.06. The number of hydrogen-bond donors (Lipinski definition) is 0. The van der Waals surface area contributed by atoms with Gasteiger partial charge >= 0.3 is 0 Å². The highest BCUT2D eigenvalue weighted by molar-refractivity contribution is 5.79. The van der Waals surface area contributed by atoms with Crippen molar-refractivity contribution in [2.24, 2.45) is 5.92 Å². The minimum absolute atomic E-state index is 0.296. The van der Waals surface area contributed by atoms with Crippen molar-refractivity contribution in [3.63, 3.8) is 0 Å². The van der Waals surface area contributed by atoms with Crippen LogP contribution in [0.2, 0.25) is 0 Å². The third-order valence-electron chi connectivity index (χ3n) is 6.40. The van der Waals surface area contributed by atoms with Crippen LogP contribution in [0.1, 0.15) is 62.5 Å². The molecule has 2 fully saturated rings. The molecule has 1 aromatic rings. The summed E-state index contributed by atoms with van der Waals surface area (Å²) >= 11 is 0. The van der Waals surface area contributed by atoms with Gasteiger partial charge in [-0.3, -0.25) is 4.79 Å². The summed E-state index contributed by atoms with van der Waals surface area (Å²) in [6, 6.07) is 0. The van der Waals surface area contributed by atoms with Crippen molar-refractivity contribution < 1.29 is 4.79 Å². The molecule has 4 rings (SSSR count). The third-order valence-corrected chi connectivity index (χ3v) is 6.40. The van der Waals surface area contributed by atoms with Crippen LogP contribution < -0.4 is 0 Å². The van der Waals surface area contributed by atoms with E-state index in [4.69, 9.17) is 0 Å². The summed E-state index contributed by atoms with van der Waals surface area (Å²) in [5.41, 5.74) is 0. The zero-order valence-electron chi connectivity index (χ0n) is 15.5. The van der Waals surface area contributed by atoms with E-state index in [1.165, 1.54) is 19.3 Å². The van der Waals surface area contributed by atoms with Gasteiger partial charge in [-0.05, 0) is 32.7 Å². The van der Waals surface area contributed by atoms with Crippen molar-refractivity contribution in [1.29, 1.82) is 0 Å². The molecule has 1 amide bonds. The molecule has 1 aliphatic carbocycles. The Hall–Kier alpha value is -1.43. The molecule has 1 saturated heterocycles. The molecule has 0 bridgehead atoms. The Balaban J connectivity index is 1.38. The highest BCUT2D eigenvalue weighted by Crippen LogP contribution is 2.31. The Morgan fingerprint density at radius 1 is 0.920 bits per heavy atom. The maximum Gasteiger partial charge on any atom is 0.225 e. The summed E-state index contributed by atoms with van der Waals surface area (Å²) in [5, 5.41) is 9.00. The van der Waals surface area contributed by atoms with Crippen LogP contribution in [0, 0.1) is 5.92 Å². The van der Waals surface area contributed by atoms with Gasteiger partial charge in [0.15, 0.2) is 0 Å². The maximum atomic E-state index is 12.7. The van der Waals surface area contributed by atoms with Gasteiger partial charge in [0, 0.05) is 51.0 Å². The van der Waals surface area contributed by atoms with Crippen molar-refractivity contribution in [2.75, 3.05) is 33.2 Å². The molecule has 6 heteroatoms. The fraction of sp³-hybridized carbons (Fsp3) is 0.842. The van der Waals surface area contributed by atoms with Gasteiger partial charge in [-0.1, -0.05) is 19.3 Å². The number of aromatic nitrogens is 3. The molecule has 1 saturated carbocycles. The van der Waals surface area contributed by atoms with Gasteiger partial charge in [-0.2, -0.15) is 0 Å². The van der Waals surface area contributed by atoms with Gasteiger partial charge in [0.05, 0.1) is 0 Å².